The fourth-order valence-electron chi connectivity index (χ4n) is 4.09. The molecule has 0 spiro atoms. The summed E-state index contributed by atoms with van der Waals surface area (Å²) < 4.78 is 28.6. The molecule has 10 heteroatoms. The molecule has 2 amide bonds. The lowest BCUT2D eigenvalue weighted by molar-refractivity contribution is -0.140. The molecule has 3 rings (SSSR count). The van der Waals surface area contributed by atoms with E-state index in [4.69, 9.17) is 23.2 Å². The highest BCUT2D eigenvalue weighted by Gasteiger charge is 2.33. The molecule has 0 heterocycles. The van der Waals surface area contributed by atoms with Gasteiger partial charge in [-0.2, -0.15) is 0 Å². The molecule has 0 bridgehead atoms. The Morgan fingerprint density at radius 2 is 1.54 bits per heavy atom. The van der Waals surface area contributed by atoms with E-state index in [1.54, 1.807) is 66.7 Å². The van der Waals surface area contributed by atoms with Gasteiger partial charge in [-0.1, -0.05) is 79.9 Å². The maximum atomic E-state index is 14.0. The predicted molar refractivity (Wildman–Crippen MR) is 156 cm³/mol. The first-order chi connectivity index (χ1) is 18.7. The Labute approximate surface area is 240 Å². The molecular weight excluding hydrogens is 557 g/mol. The molecule has 0 unspecified atom stereocenters. The van der Waals surface area contributed by atoms with Crippen LogP contribution in [0.2, 0.25) is 10.0 Å². The highest BCUT2D eigenvalue weighted by Crippen LogP contribution is 2.26. The third-order valence-electron chi connectivity index (χ3n) is 6.24. The van der Waals surface area contributed by atoms with Gasteiger partial charge in [0.1, 0.15) is 12.6 Å². The second-order valence-electron chi connectivity index (χ2n) is 8.98. The number of nitrogens with zero attached hydrogens (tertiary/aromatic N) is 2. The van der Waals surface area contributed by atoms with Gasteiger partial charge in [0.25, 0.3) is 10.0 Å². The first-order valence-corrected chi connectivity index (χ1v) is 15.0. The van der Waals surface area contributed by atoms with Crippen molar-refractivity contribution in [3.63, 3.8) is 0 Å². The molecular formula is C29H33Cl2N3O4S. The number of anilines is 1. The molecule has 208 valence electrons. The largest absolute Gasteiger partial charge is 0.354 e. The van der Waals surface area contributed by atoms with Crippen molar-refractivity contribution >= 4 is 50.7 Å². The molecule has 0 aliphatic rings. The zero-order valence-electron chi connectivity index (χ0n) is 22.0. The van der Waals surface area contributed by atoms with E-state index in [1.165, 1.54) is 17.0 Å². The van der Waals surface area contributed by atoms with Crippen LogP contribution in [-0.4, -0.2) is 44.3 Å². The van der Waals surface area contributed by atoms with Crippen molar-refractivity contribution in [2.45, 2.75) is 50.6 Å². The molecule has 0 aliphatic heterocycles. The van der Waals surface area contributed by atoms with Crippen LogP contribution in [-0.2, 0) is 26.2 Å². The summed E-state index contributed by atoms with van der Waals surface area (Å²) >= 11 is 12.5. The lowest BCUT2D eigenvalue weighted by atomic mass is 10.1. The van der Waals surface area contributed by atoms with Crippen LogP contribution in [0.5, 0.6) is 0 Å². The van der Waals surface area contributed by atoms with E-state index in [1.807, 2.05) is 13.8 Å². The molecule has 0 fully saturated rings. The zero-order valence-corrected chi connectivity index (χ0v) is 24.3. The van der Waals surface area contributed by atoms with Crippen molar-refractivity contribution in [2.75, 3.05) is 17.4 Å². The third kappa shape index (κ3) is 7.97. The minimum absolute atomic E-state index is 0.0368. The third-order valence-corrected chi connectivity index (χ3v) is 8.65. The topological polar surface area (TPSA) is 86.8 Å². The van der Waals surface area contributed by atoms with Crippen LogP contribution < -0.4 is 9.62 Å². The number of rotatable bonds is 13. The van der Waals surface area contributed by atoms with Crippen LogP contribution in [0.4, 0.5) is 5.69 Å². The van der Waals surface area contributed by atoms with E-state index in [2.05, 4.69) is 5.32 Å². The molecule has 0 aromatic heterocycles. The number of amides is 2. The molecule has 0 aliphatic carbocycles. The van der Waals surface area contributed by atoms with Crippen LogP contribution >= 0.6 is 23.2 Å². The highest BCUT2D eigenvalue weighted by atomic mass is 35.5. The maximum Gasteiger partial charge on any atom is 0.264 e. The van der Waals surface area contributed by atoms with Crippen LogP contribution in [0.3, 0.4) is 0 Å². The van der Waals surface area contributed by atoms with Gasteiger partial charge in [0.05, 0.1) is 10.6 Å². The van der Waals surface area contributed by atoms with Crippen molar-refractivity contribution in [1.82, 2.24) is 10.2 Å². The van der Waals surface area contributed by atoms with Gasteiger partial charge in [-0.25, -0.2) is 8.42 Å². The average Bonchev–Trinajstić information content (AvgIpc) is 2.93. The monoisotopic (exact) mass is 589 g/mol. The van der Waals surface area contributed by atoms with Crippen LogP contribution in [0, 0.1) is 0 Å². The number of hydrogen-bond acceptors (Lipinski definition) is 4. The van der Waals surface area contributed by atoms with Crippen LogP contribution in [0.15, 0.2) is 83.8 Å². The van der Waals surface area contributed by atoms with Gasteiger partial charge in [0, 0.05) is 23.1 Å². The van der Waals surface area contributed by atoms with E-state index in [9.17, 15) is 18.0 Å². The van der Waals surface area contributed by atoms with Gasteiger partial charge in [0.15, 0.2) is 0 Å². The van der Waals surface area contributed by atoms with Gasteiger partial charge in [-0.3, -0.25) is 13.9 Å². The summed E-state index contributed by atoms with van der Waals surface area (Å²) in [6, 6.07) is 20.4. The summed E-state index contributed by atoms with van der Waals surface area (Å²) in [6.45, 7) is 3.84. The second-order valence-corrected chi connectivity index (χ2v) is 11.7. The van der Waals surface area contributed by atoms with Crippen molar-refractivity contribution in [2.24, 2.45) is 0 Å². The van der Waals surface area contributed by atoms with Gasteiger partial charge in [-0.15, -0.1) is 0 Å². The van der Waals surface area contributed by atoms with Crippen molar-refractivity contribution in [1.29, 1.82) is 0 Å². The Morgan fingerprint density at radius 3 is 2.15 bits per heavy atom. The fourth-order valence-corrected chi connectivity index (χ4v) is 5.85. The van der Waals surface area contributed by atoms with E-state index < -0.39 is 28.5 Å². The smallest absolute Gasteiger partial charge is 0.264 e. The number of benzene rings is 3. The first-order valence-electron chi connectivity index (χ1n) is 12.8. The summed E-state index contributed by atoms with van der Waals surface area (Å²) in [7, 11) is -4.13. The summed E-state index contributed by atoms with van der Waals surface area (Å²) in [5.74, 6) is -0.836. The molecule has 1 atom stereocenters. The summed E-state index contributed by atoms with van der Waals surface area (Å²) in [4.78, 5) is 28.6. The van der Waals surface area contributed by atoms with E-state index in [0.29, 0.717) is 28.6 Å². The van der Waals surface area contributed by atoms with Crippen molar-refractivity contribution < 1.29 is 18.0 Å². The Kier molecular flexibility index (Phi) is 11.2. The number of carbonyl (C=O) groups is 2. The Balaban J connectivity index is 2.02. The molecule has 1 N–H and O–H groups in total. The standard InChI is InChI=1S/C29H33Cl2N3O4S/c1-3-5-19-32-29(36)27(4-2)33(20-22-11-9-10-14-26(22)31)28(35)21-34(24-17-15-23(30)16-18-24)39(37,38)25-12-7-6-8-13-25/h6-18,27H,3-5,19-21H2,1-2H3,(H,32,36)/t27-/m0/s1. The van der Waals surface area contributed by atoms with Gasteiger partial charge >= 0.3 is 0 Å². The summed E-state index contributed by atoms with van der Waals surface area (Å²) in [5.41, 5.74) is 0.922. The van der Waals surface area contributed by atoms with Crippen molar-refractivity contribution in [3.05, 3.63) is 94.5 Å². The van der Waals surface area contributed by atoms with Gasteiger partial charge < -0.3 is 10.2 Å². The molecule has 3 aromatic rings. The normalized spacial score (nSPS) is 12.0. The number of carbonyl (C=O) groups excluding carboxylic acids is 2. The molecule has 7 nitrogen and oxygen atoms in total. The lowest BCUT2D eigenvalue weighted by Crippen LogP contribution is -2.52. The summed E-state index contributed by atoms with van der Waals surface area (Å²) in [6.07, 6.45) is 2.05. The van der Waals surface area contributed by atoms with E-state index >= 15 is 0 Å². The predicted octanol–water partition coefficient (Wildman–Crippen LogP) is 5.91. The van der Waals surface area contributed by atoms with Gasteiger partial charge in [0.2, 0.25) is 11.8 Å². The van der Waals surface area contributed by atoms with Crippen LogP contribution in [0.25, 0.3) is 0 Å². The zero-order chi connectivity index (χ0) is 28.4. The second kappa shape index (κ2) is 14.4. The quantitative estimate of drug-likeness (QED) is 0.251. The average molecular weight is 591 g/mol. The molecule has 0 saturated carbocycles. The number of hydrogen-bond donors (Lipinski definition) is 1. The molecule has 0 saturated heterocycles. The Morgan fingerprint density at radius 1 is 0.897 bits per heavy atom. The maximum absolute atomic E-state index is 14.0. The molecule has 39 heavy (non-hydrogen) atoms. The van der Waals surface area contributed by atoms with Crippen molar-refractivity contribution in [3.8, 4) is 0 Å². The van der Waals surface area contributed by atoms with Gasteiger partial charge in [-0.05, 0) is 60.9 Å². The highest BCUT2D eigenvalue weighted by molar-refractivity contribution is 7.92. The van der Waals surface area contributed by atoms with E-state index in [-0.39, 0.29) is 23.0 Å². The lowest BCUT2D eigenvalue weighted by Gasteiger charge is -2.33. The van der Waals surface area contributed by atoms with E-state index in [0.717, 1.165) is 17.1 Å². The molecule has 0 radical (unpaired) electrons. The minimum atomic E-state index is -4.13. The Hall–Kier alpha value is -3.07. The number of sulfonamides is 1. The number of nitrogens with one attached hydrogen (secondary N) is 1. The minimum Gasteiger partial charge on any atom is -0.354 e. The Bertz CT molecular complexity index is 1350. The number of halogens is 2. The van der Waals surface area contributed by atoms with Crippen LogP contribution in [0.1, 0.15) is 38.7 Å². The first kappa shape index (κ1) is 30.5. The fraction of sp³-hybridized carbons (Fsp3) is 0.310. The summed E-state index contributed by atoms with van der Waals surface area (Å²) in [5, 5.41) is 3.78. The molecule has 3 aromatic carbocycles. The number of unbranched alkanes of at least 4 members (excludes halogenated alkanes) is 1. The SMILES string of the molecule is CCCCNC(=O)[C@H](CC)N(Cc1ccccc1Cl)C(=O)CN(c1ccc(Cl)cc1)S(=O)(=O)c1ccccc1.